The Balaban J connectivity index is 2.28. The second-order valence-corrected chi connectivity index (χ2v) is 7.52. The van der Waals surface area contributed by atoms with Crippen molar-refractivity contribution in [1.82, 2.24) is 5.32 Å². The number of carbonyl (C=O) groups excluding carboxylic acids is 1. The fourth-order valence-electron chi connectivity index (χ4n) is 3.36. The molecule has 32 heavy (non-hydrogen) atoms. The van der Waals surface area contributed by atoms with Crippen molar-refractivity contribution in [3.8, 4) is 0 Å². The predicted molar refractivity (Wildman–Crippen MR) is 99.6 cm³/mol. The summed E-state index contributed by atoms with van der Waals surface area (Å²) < 4.78 is 21.6. The van der Waals surface area contributed by atoms with Gasteiger partial charge in [0, 0.05) is 6.92 Å². The van der Waals surface area contributed by atoms with Crippen LogP contribution in [0.1, 0.15) is 6.92 Å². The second-order valence-electron chi connectivity index (χ2n) is 7.52. The van der Waals surface area contributed by atoms with Gasteiger partial charge in [0.25, 0.3) is 0 Å². The minimum atomic E-state index is -1.81. The van der Waals surface area contributed by atoms with Crippen LogP contribution in [0.5, 0.6) is 0 Å². The number of carboxylic acids is 1. The van der Waals surface area contributed by atoms with Gasteiger partial charge in [0.05, 0.1) is 19.8 Å². The number of carboxylic acid groups (broad SMARTS) is 1. The fraction of sp³-hybridized carbons (Fsp3) is 0.882. The number of carbonyl (C=O) groups is 2. The van der Waals surface area contributed by atoms with Gasteiger partial charge in [0.2, 0.25) is 5.91 Å². The Morgan fingerprint density at radius 2 is 1.53 bits per heavy atom. The number of nitrogens with one attached hydrogen (secondary N) is 1. The lowest BCUT2D eigenvalue weighted by Crippen LogP contribution is -2.68. The smallest absolute Gasteiger partial charge is 0.322 e. The van der Waals surface area contributed by atoms with Crippen molar-refractivity contribution in [2.75, 3.05) is 19.8 Å². The first-order chi connectivity index (χ1) is 15.0. The number of aliphatic carboxylic acids is 1. The van der Waals surface area contributed by atoms with Gasteiger partial charge in [-0.25, -0.2) is 0 Å². The third kappa shape index (κ3) is 6.09. The van der Waals surface area contributed by atoms with Crippen LogP contribution >= 0.6 is 0 Å². The van der Waals surface area contributed by atoms with Crippen molar-refractivity contribution < 1.29 is 64.3 Å². The second kappa shape index (κ2) is 11.6. The number of amides is 1. The lowest BCUT2D eigenvalue weighted by atomic mass is 9.95. The number of aliphatic hydroxyl groups is 6. The topological polar surface area (TPSA) is 251 Å². The van der Waals surface area contributed by atoms with Crippen LogP contribution in [-0.4, -0.2) is 135 Å². The highest BCUT2D eigenvalue weighted by atomic mass is 16.7. The van der Waals surface area contributed by atoms with E-state index in [0.717, 1.165) is 6.92 Å². The minimum absolute atomic E-state index is 0.558. The summed E-state index contributed by atoms with van der Waals surface area (Å²) in [5.74, 6) is -1.99. The molecule has 0 aromatic heterocycles. The molecule has 0 radical (unpaired) electrons. The largest absolute Gasteiger partial charge is 0.480 e. The highest BCUT2D eigenvalue weighted by Gasteiger charge is 2.51. The van der Waals surface area contributed by atoms with E-state index in [-0.39, 0.29) is 0 Å². The van der Waals surface area contributed by atoms with Gasteiger partial charge in [-0.1, -0.05) is 0 Å². The first-order valence-electron chi connectivity index (χ1n) is 9.79. The van der Waals surface area contributed by atoms with E-state index in [1.807, 2.05) is 0 Å². The number of nitrogens with two attached hydrogens (primary N) is 1. The zero-order valence-corrected chi connectivity index (χ0v) is 17.1. The summed E-state index contributed by atoms with van der Waals surface area (Å²) in [5.41, 5.74) is 5.41. The molecule has 0 aromatic rings. The van der Waals surface area contributed by atoms with Crippen LogP contribution in [0.4, 0.5) is 0 Å². The van der Waals surface area contributed by atoms with Crippen LogP contribution in [-0.2, 0) is 28.5 Å². The van der Waals surface area contributed by atoms with Crippen molar-refractivity contribution in [3.05, 3.63) is 0 Å². The van der Waals surface area contributed by atoms with Crippen LogP contribution < -0.4 is 11.1 Å². The summed E-state index contributed by atoms with van der Waals surface area (Å²) in [5, 5.41) is 70.9. The van der Waals surface area contributed by atoms with E-state index in [9.17, 15) is 40.2 Å². The molecule has 15 nitrogen and oxygen atoms in total. The number of hydrogen-bond acceptors (Lipinski definition) is 13. The summed E-state index contributed by atoms with van der Waals surface area (Å²) in [7, 11) is 0. The van der Waals surface area contributed by atoms with Crippen LogP contribution in [0.3, 0.4) is 0 Å². The Labute approximate surface area is 182 Å². The number of hydrogen-bond donors (Lipinski definition) is 9. The quantitative estimate of drug-likeness (QED) is 0.152. The summed E-state index contributed by atoms with van der Waals surface area (Å²) in [6.07, 6.45) is -14.1. The molecule has 10 N–H and O–H groups in total. The summed E-state index contributed by atoms with van der Waals surface area (Å²) in [6, 6.07) is -2.75. The Kier molecular flexibility index (Phi) is 9.68. The standard InChI is InChI=1S/C17H30N2O13/c1-5(22)19-9-14(32-17-13(26)12(25)10(23)7(2-20)31-17)11(24)8(3-21)30-16(9)29-4-6(18)15(27)28/h6-14,16-17,20-21,23-26H,2-4,18H2,1H3,(H,19,22)(H,27,28)/t6-,7?,8?,9?,10?,11?,12?,13?,14?,16?,17?/m1/s1. The molecule has 186 valence electrons. The summed E-state index contributed by atoms with van der Waals surface area (Å²) in [4.78, 5) is 22.7. The number of ether oxygens (including phenoxy) is 4. The average molecular weight is 470 g/mol. The van der Waals surface area contributed by atoms with Crippen LogP contribution in [0.2, 0.25) is 0 Å². The zero-order valence-electron chi connectivity index (χ0n) is 17.1. The van der Waals surface area contributed by atoms with Crippen molar-refractivity contribution in [3.63, 3.8) is 0 Å². The van der Waals surface area contributed by atoms with Crippen LogP contribution in [0, 0.1) is 0 Å². The molecule has 2 rings (SSSR count). The molecule has 2 fully saturated rings. The van der Waals surface area contributed by atoms with E-state index in [1.165, 1.54) is 0 Å². The molecular weight excluding hydrogens is 440 g/mol. The van der Waals surface area contributed by atoms with E-state index in [1.54, 1.807) is 0 Å². The maximum atomic E-state index is 11.7. The first-order valence-corrected chi connectivity index (χ1v) is 9.79. The molecular formula is C17H30N2O13. The molecule has 1 amide bonds. The molecule has 0 aliphatic carbocycles. The molecule has 11 atom stereocenters. The molecule has 2 aliphatic heterocycles. The van der Waals surface area contributed by atoms with Crippen molar-refractivity contribution >= 4 is 11.9 Å². The summed E-state index contributed by atoms with van der Waals surface area (Å²) >= 11 is 0. The monoisotopic (exact) mass is 470 g/mol. The van der Waals surface area contributed by atoms with E-state index < -0.39 is 99.1 Å². The number of aliphatic hydroxyl groups excluding tert-OH is 6. The van der Waals surface area contributed by atoms with Crippen LogP contribution in [0.15, 0.2) is 0 Å². The SMILES string of the molecule is CC(=O)NC1C(OC[C@@H](N)C(=O)O)OC(CO)C(O)C1OC1OC(CO)C(O)C(O)C1O. The molecule has 0 aromatic carbocycles. The molecule has 10 unspecified atom stereocenters. The average Bonchev–Trinajstić information content (AvgIpc) is 2.74. The van der Waals surface area contributed by atoms with Crippen LogP contribution in [0.25, 0.3) is 0 Å². The zero-order chi connectivity index (χ0) is 24.2. The Morgan fingerprint density at radius 3 is 2.06 bits per heavy atom. The Morgan fingerprint density at radius 1 is 0.969 bits per heavy atom. The number of rotatable bonds is 9. The maximum Gasteiger partial charge on any atom is 0.322 e. The molecule has 0 saturated carbocycles. The van der Waals surface area contributed by atoms with Gasteiger partial charge in [-0.15, -0.1) is 0 Å². The van der Waals surface area contributed by atoms with E-state index in [0.29, 0.717) is 0 Å². The fourth-order valence-corrected chi connectivity index (χ4v) is 3.36. The molecule has 2 aliphatic rings. The van der Waals surface area contributed by atoms with E-state index in [2.05, 4.69) is 5.32 Å². The van der Waals surface area contributed by atoms with Gasteiger partial charge in [-0.2, -0.15) is 0 Å². The van der Waals surface area contributed by atoms with Crippen molar-refractivity contribution in [1.29, 1.82) is 0 Å². The maximum absolute atomic E-state index is 11.7. The van der Waals surface area contributed by atoms with E-state index in [4.69, 9.17) is 29.8 Å². The van der Waals surface area contributed by atoms with Gasteiger partial charge < -0.3 is 65.7 Å². The highest BCUT2D eigenvalue weighted by Crippen LogP contribution is 2.29. The minimum Gasteiger partial charge on any atom is -0.480 e. The van der Waals surface area contributed by atoms with Gasteiger partial charge in [-0.3, -0.25) is 9.59 Å². The first kappa shape index (κ1) is 26.7. The lowest BCUT2D eigenvalue weighted by molar-refractivity contribution is -0.344. The third-order valence-corrected chi connectivity index (χ3v) is 5.12. The van der Waals surface area contributed by atoms with Crippen molar-refractivity contribution in [2.45, 2.75) is 74.3 Å². The highest BCUT2D eigenvalue weighted by molar-refractivity contribution is 5.73. The van der Waals surface area contributed by atoms with Gasteiger partial charge in [-0.05, 0) is 0 Å². The Bertz CT molecular complexity index is 638. The predicted octanol–water partition coefficient (Wildman–Crippen LogP) is -5.82. The molecule has 2 heterocycles. The lowest BCUT2D eigenvalue weighted by Gasteiger charge is -2.47. The molecule has 2 saturated heterocycles. The Hall–Kier alpha value is -1.50. The van der Waals surface area contributed by atoms with Crippen molar-refractivity contribution in [2.24, 2.45) is 5.73 Å². The normalized spacial score (nSPS) is 41.1. The van der Waals surface area contributed by atoms with Gasteiger partial charge in [0.1, 0.15) is 54.8 Å². The molecule has 0 bridgehead atoms. The summed E-state index contributed by atoms with van der Waals surface area (Å²) in [6.45, 7) is -0.881. The third-order valence-electron chi connectivity index (χ3n) is 5.12. The van der Waals surface area contributed by atoms with Gasteiger partial charge in [0.15, 0.2) is 12.6 Å². The molecule has 15 heteroatoms. The van der Waals surface area contributed by atoms with Gasteiger partial charge >= 0.3 is 5.97 Å². The molecule has 0 spiro atoms. The van der Waals surface area contributed by atoms with E-state index >= 15 is 0 Å².